The summed E-state index contributed by atoms with van der Waals surface area (Å²) in [5.41, 5.74) is 2.50. The molecule has 3 aromatic carbocycles. The highest BCUT2D eigenvalue weighted by atomic mass is 16.5. The van der Waals surface area contributed by atoms with Crippen molar-refractivity contribution >= 4 is 28.3 Å². The zero-order chi connectivity index (χ0) is 19.0. The van der Waals surface area contributed by atoms with Crippen molar-refractivity contribution in [3.05, 3.63) is 77.9 Å². The Labute approximate surface area is 158 Å². The van der Waals surface area contributed by atoms with Crippen molar-refractivity contribution in [2.75, 3.05) is 4.90 Å². The number of rotatable bonds is 3. The molecule has 0 saturated carbocycles. The molecule has 136 valence electrons. The summed E-state index contributed by atoms with van der Waals surface area (Å²) in [4.78, 5) is 27.2. The predicted molar refractivity (Wildman–Crippen MR) is 106 cm³/mol. The monoisotopic (exact) mass is 359 g/mol. The molecule has 0 unspecified atom stereocenters. The van der Waals surface area contributed by atoms with Gasteiger partial charge in [-0.15, -0.1) is 0 Å². The van der Waals surface area contributed by atoms with Crippen LogP contribution in [0, 0.1) is 0 Å². The van der Waals surface area contributed by atoms with Crippen LogP contribution in [0.2, 0.25) is 0 Å². The first-order valence-electron chi connectivity index (χ1n) is 9.15. The maximum Gasteiger partial charge on any atom is 0.338 e. The molecule has 4 nitrogen and oxygen atoms in total. The summed E-state index contributed by atoms with van der Waals surface area (Å²) in [5.74, 6) is -0.677. The standard InChI is InChI=1S/C23H21NO3/c1-15-13-19-9-5-6-10-21(19)24(15)22(25)16(2)27-23(26)20-12-11-17-7-3-4-8-18(17)14-20/h3-12,14-16H,13H2,1-2H3/t15-,16-/m0/s1. The molecular weight excluding hydrogens is 338 g/mol. The molecule has 0 bridgehead atoms. The first-order valence-corrected chi connectivity index (χ1v) is 9.15. The van der Waals surface area contributed by atoms with Crippen molar-refractivity contribution < 1.29 is 14.3 Å². The van der Waals surface area contributed by atoms with Gasteiger partial charge in [-0.3, -0.25) is 4.79 Å². The van der Waals surface area contributed by atoms with Gasteiger partial charge in [-0.05, 0) is 54.8 Å². The molecule has 0 spiro atoms. The fourth-order valence-corrected chi connectivity index (χ4v) is 3.69. The van der Waals surface area contributed by atoms with E-state index in [9.17, 15) is 9.59 Å². The van der Waals surface area contributed by atoms with Gasteiger partial charge in [-0.1, -0.05) is 48.5 Å². The third-order valence-electron chi connectivity index (χ3n) is 5.06. The summed E-state index contributed by atoms with van der Waals surface area (Å²) in [6.07, 6.45) is -0.0367. The summed E-state index contributed by atoms with van der Waals surface area (Å²) >= 11 is 0. The van der Waals surface area contributed by atoms with E-state index in [1.807, 2.05) is 61.5 Å². The van der Waals surface area contributed by atoms with Gasteiger partial charge in [0.05, 0.1) is 5.56 Å². The molecule has 1 amide bonds. The lowest BCUT2D eigenvalue weighted by Crippen LogP contribution is -2.43. The molecule has 0 N–H and O–H groups in total. The summed E-state index contributed by atoms with van der Waals surface area (Å²) in [7, 11) is 0. The summed E-state index contributed by atoms with van der Waals surface area (Å²) in [6.45, 7) is 3.64. The molecular formula is C23H21NO3. The second-order valence-corrected chi connectivity index (χ2v) is 7.00. The summed E-state index contributed by atoms with van der Waals surface area (Å²) < 4.78 is 5.49. The van der Waals surface area contributed by atoms with Gasteiger partial charge >= 0.3 is 5.97 Å². The summed E-state index contributed by atoms with van der Waals surface area (Å²) in [5, 5.41) is 2.02. The second-order valence-electron chi connectivity index (χ2n) is 7.00. The van der Waals surface area contributed by atoms with Crippen LogP contribution in [-0.2, 0) is 16.0 Å². The van der Waals surface area contributed by atoms with Gasteiger partial charge in [0.2, 0.25) is 0 Å². The number of anilines is 1. The smallest absolute Gasteiger partial charge is 0.338 e. The minimum absolute atomic E-state index is 0.0525. The Balaban J connectivity index is 1.52. The van der Waals surface area contributed by atoms with Crippen LogP contribution in [0.4, 0.5) is 5.69 Å². The fourth-order valence-electron chi connectivity index (χ4n) is 3.69. The first-order chi connectivity index (χ1) is 13.0. The van der Waals surface area contributed by atoms with E-state index in [2.05, 4.69) is 0 Å². The van der Waals surface area contributed by atoms with Crippen LogP contribution >= 0.6 is 0 Å². The van der Waals surface area contributed by atoms with E-state index in [0.717, 1.165) is 28.4 Å². The highest BCUT2D eigenvalue weighted by molar-refractivity contribution is 6.01. The molecule has 1 aliphatic rings. The lowest BCUT2D eigenvalue weighted by molar-refractivity contribution is -0.126. The molecule has 27 heavy (non-hydrogen) atoms. The number of esters is 1. The van der Waals surface area contributed by atoms with E-state index < -0.39 is 12.1 Å². The topological polar surface area (TPSA) is 46.6 Å². The number of amides is 1. The highest BCUT2D eigenvalue weighted by Gasteiger charge is 2.34. The SMILES string of the molecule is C[C@H](OC(=O)c1ccc2ccccc2c1)C(=O)N1c2ccccc2C[C@@H]1C. The van der Waals surface area contributed by atoms with E-state index in [0.29, 0.717) is 5.56 Å². The molecule has 0 saturated heterocycles. The van der Waals surface area contributed by atoms with Gasteiger partial charge in [0.25, 0.3) is 5.91 Å². The van der Waals surface area contributed by atoms with Gasteiger partial charge in [0, 0.05) is 11.7 Å². The van der Waals surface area contributed by atoms with Crippen LogP contribution < -0.4 is 4.90 Å². The van der Waals surface area contributed by atoms with Crippen LogP contribution in [0.1, 0.15) is 29.8 Å². The lowest BCUT2D eigenvalue weighted by atomic mass is 10.1. The Morgan fingerprint density at radius 1 is 1.00 bits per heavy atom. The number of carbonyl (C=O) groups excluding carboxylic acids is 2. The average Bonchev–Trinajstić information content (AvgIpc) is 3.02. The van der Waals surface area contributed by atoms with E-state index in [4.69, 9.17) is 4.74 Å². The van der Waals surface area contributed by atoms with Gasteiger partial charge in [0.15, 0.2) is 6.10 Å². The number of para-hydroxylation sites is 1. The number of fused-ring (bicyclic) bond motifs is 2. The number of nitrogens with zero attached hydrogens (tertiary/aromatic N) is 1. The maximum absolute atomic E-state index is 12.9. The molecule has 2 atom stereocenters. The molecule has 0 aliphatic carbocycles. The van der Waals surface area contributed by atoms with Gasteiger partial charge < -0.3 is 9.64 Å². The number of hydrogen-bond donors (Lipinski definition) is 0. The highest BCUT2D eigenvalue weighted by Crippen LogP contribution is 2.32. The average molecular weight is 359 g/mol. The largest absolute Gasteiger partial charge is 0.449 e. The molecule has 1 aliphatic heterocycles. The van der Waals surface area contributed by atoms with Crippen LogP contribution in [0.5, 0.6) is 0 Å². The van der Waals surface area contributed by atoms with Crippen molar-refractivity contribution in [1.82, 2.24) is 0 Å². The van der Waals surface area contributed by atoms with Gasteiger partial charge in [-0.2, -0.15) is 0 Å². The van der Waals surface area contributed by atoms with Crippen LogP contribution in [0.3, 0.4) is 0 Å². The zero-order valence-corrected chi connectivity index (χ0v) is 15.4. The molecule has 0 radical (unpaired) electrons. The number of carbonyl (C=O) groups is 2. The molecule has 1 heterocycles. The molecule has 0 fully saturated rings. The Bertz CT molecular complexity index is 1030. The van der Waals surface area contributed by atoms with Crippen LogP contribution in [-0.4, -0.2) is 24.0 Å². The molecule has 3 aromatic rings. The van der Waals surface area contributed by atoms with Crippen LogP contribution in [0.15, 0.2) is 66.7 Å². The third kappa shape index (κ3) is 3.19. The van der Waals surface area contributed by atoms with E-state index in [1.54, 1.807) is 24.0 Å². The third-order valence-corrected chi connectivity index (χ3v) is 5.06. The zero-order valence-electron chi connectivity index (χ0n) is 15.4. The van der Waals surface area contributed by atoms with E-state index in [-0.39, 0.29) is 11.9 Å². The molecule has 4 rings (SSSR count). The number of benzene rings is 3. The molecule has 0 aromatic heterocycles. The van der Waals surface area contributed by atoms with Crippen molar-refractivity contribution in [3.63, 3.8) is 0 Å². The maximum atomic E-state index is 12.9. The second kappa shape index (κ2) is 6.88. The lowest BCUT2D eigenvalue weighted by Gasteiger charge is -2.26. The van der Waals surface area contributed by atoms with Gasteiger partial charge in [0.1, 0.15) is 0 Å². The minimum Gasteiger partial charge on any atom is -0.449 e. The Morgan fingerprint density at radius 2 is 1.70 bits per heavy atom. The summed E-state index contributed by atoms with van der Waals surface area (Å²) in [6, 6.07) is 21.1. The van der Waals surface area contributed by atoms with Crippen molar-refractivity contribution in [2.24, 2.45) is 0 Å². The Morgan fingerprint density at radius 3 is 2.52 bits per heavy atom. The number of hydrogen-bond acceptors (Lipinski definition) is 3. The number of ether oxygens (including phenoxy) is 1. The van der Waals surface area contributed by atoms with Crippen molar-refractivity contribution in [2.45, 2.75) is 32.4 Å². The van der Waals surface area contributed by atoms with Crippen molar-refractivity contribution in [1.29, 1.82) is 0 Å². The quantitative estimate of drug-likeness (QED) is 0.653. The normalized spacial score (nSPS) is 16.8. The predicted octanol–water partition coefficient (Wildman–Crippen LogP) is 4.36. The Hall–Kier alpha value is -3.14. The van der Waals surface area contributed by atoms with E-state index >= 15 is 0 Å². The fraction of sp³-hybridized carbons (Fsp3) is 0.217. The van der Waals surface area contributed by atoms with E-state index in [1.165, 1.54) is 0 Å². The van der Waals surface area contributed by atoms with Gasteiger partial charge in [-0.25, -0.2) is 4.79 Å². The van der Waals surface area contributed by atoms with Crippen molar-refractivity contribution in [3.8, 4) is 0 Å². The Kier molecular flexibility index (Phi) is 4.40. The van der Waals surface area contributed by atoms with Crippen LogP contribution in [0.25, 0.3) is 10.8 Å². The molecule has 4 heteroatoms. The minimum atomic E-state index is -0.849. The first kappa shape index (κ1) is 17.3.